The van der Waals surface area contributed by atoms with Crippen molar-refractivity contribution in [3.63, 3.8) is 0 Å². The number of hydrogen-bond acceptors (Lipinski definition) is 4. The maximum absolute atomic E-state index is 12.3. The van der Waals surface area contributed by atoms with E-state index in [9.17, 15) is 4.79 Å². The van der Waals surface area contributed by atoms with Gasteiger partial charge in [0.25, 0.3) is 5.91 Å². The van der Waals surface area contributed by atoms with Crippen LogP contribution in [0, 0.1) is 0 Å². The molecule has 0 saturated heterocycles. The van der Waals surface area contributed by atoms with Gasteiger partial charge in [0.15, 0.2) is 4.80 Å². The van der Waals surface area contributed by atoms with E-state index in [2.05, 4.69) is 4.99 Å². The molecule has 0 atom stereocenters. The summed E-state index contributed by atoms with van der Waals surface area (Å²) in [6, 6.07) is 15.5. The topological polar surface area (TPSA) is 52.8 Å². The summed E-state index contributed by atoms with van der Waals surface area (Å²) in [4.78, 5) is 17.2. The Morgan fingerprint density at radius 2 is 1.96 bits per heavy atom. The van der Waals surface area contributed by atoms with Crippen LogP contribution in [0.1, 0.15) is 5.56 Å². The van der Waals surface area contributed by atoms with Crippen molar-refractivity contribution in [2.45, 2.75) is 6.54 Å². The van der Waals surface area contributed by atoms with Crippen molar-refractivity contribution in [3.8, 4) is 5.75 Å². The monoisotopic (exact) mass is 368 g/mol. The highest BCUT2D eigenvalue weighted by molar-refractivity contribution is 7.16. The maximum Gasteiger partial charge on any atom is 0.272 e. The molecule has 26 heavy (non-hydrogen) atoms. The summed E-state index contributed by atoms with van der Waals surface area (Å²) in [6.07, 6.45) is 3.25. The standard InChI is InChI=1S/C20H20N2O3S/c1-24-14-13-22-19-16(25-2)9-6-10-17(19)26-20(22)21-18(23)12-11-15-7-4-3-5-8-15/h3-12H,13-14H2,1-2H3. The zero-order chi connectivity index (χ0) is 18.4. The average Bonchev–Trinajstić information content (AvgIpc) is 3.02. The largest absolute Gasteiger partial charge is 0.495 e. The Morgan fingerprint density at radius 1 is 1.15 bits per heavy atom. The van der Waals surface area contributed by atoms with E-state index in [1.54, 1.807) is 20.3 Å². The lowest BCUT2D eigenvalue weighted by Crippen LogP contribution is -2.19. The number of hydrogen-bond donors (Lipinski definition) is 0. The molecule has 0 bridgehead atoms. The summed E-state index contributed by atoms with van der Waals surface area (Å²) in [5, 5.41) is 0. The Hall–Kier alpha value is -2.70. The van der Waals surface area contributed by atoms with E-state index in [0.717, 1.165) is 21.5 Å². The van der Waals surface area contributed by atoms with Crippen molar-refractivity contribution in [2.75, 3.05) is 20.8 Å². The lowest BCUT2D eigenvalue weighted by Gasteiger charge is -2.07. The summed E-state index contributed by atoms with van der Waals surface area (Å²) in [5.41, 5.74) is 1.89. The van der Waals surface area contributed by atoms with Gasteiger partial charge in [0.1, 0.15) is 11.3 Å². The van der Waals surface area contributed by atoms with Crippen LogP contribution in [-0.4, -0.2) is 31.3 Å². The molecule has 0 aliphatic heterocycles. The number of aromatic nitrogens is 1. The first-order valence-corrected chi connectivity index (χ1v) is 9.01. The van der Waals surface area contributed by atoms with Crippen LogP contribution in [0.25, 0.3) is 16.3 Å². The van der Waals surface area contributed by atoms with Gasteiger partial charge in [0, 0.05) is 19.7 Å². The summed E-state index contributed by atoms with van der Waals surface area (Å²) < 4.78 is 13.7. The van der Waals surface area contributed by atoms with Gasteiger partial charge in [0.2, 0.25) is 0 Å². The fourth-order valence-corrected chi connectivity index (χ4v) is 3.68. The first-order valence-electron chi connectivity index (χ1n) is 8.20. The van der Waals surface area contributed by atoms with Gasteiger partial charge in [-0.2, -0.15) is 4.99 Å². The Kier molecular flexibility index (Phi) is 5.99. The van der Waals surface area contributed by atoms with Crippen LogP contribution in [0.5, 0.6) is 5.75 Å². The zero-order valence-corrected chi connectivity index (χ0v) is 15.5. The van der Waals surface area contributed by atoms with E-state index in [1.165, 1.54) is 17.4 Å². The number of para-hydroxylation sites is 1. The number of methoxy groups -OCH3 is 2. The van der Waals surface area contributed by atoms with Gasteiger partial charge in [-0.15, -0.1) is 0 Å². The molecule has 0 saturated carbocycles. The minimum absolute atomic E-state index is 0.300. The summed E-state index contributed by atoms with van der Waals surface area (Å²) in [5.74, 6) is 0.453. The first kappa shape index (κ1) is 18.1. The van der Waals surface area contributed by atoms with Gasteiger partial charge in [-0.25, -0.2) is 0 Å². The molecule has 0 fully saturated rings. The third-order valence-electron chi connectivity index (χ3n) is 3.83. The second kappa shape index (κ2) is 8.60. The molecule has 1 amide bonds. The van der Waals surface area contributed by atoms with Crippen molar-refractivity contribution in [3.05, 3.63) is 65.0 Å². The fraction of sp³-hybridized carbons (Fsp3) is 0.200. The Bertz CT molecular complexity index is 987. The molecule has 1 aromatic heterocycles. The van der Waals surface area contributed by atoms with Gasteiger partial charge in [-0.3, -0.25) is 4.79 Å². The van der Waals surface area contributed by atoms with E-state index in [4.69, 9.17) is 9.47 Å². The molecule has 0 radical (unpaired) electrons. The molecule has 3 aromatic rings. The van der Waals surface area contributed by atoms with Gasteiger partial charge < -0.3 is 14.0 Å². The van der Waals surface area contributed by atoms with Crippen LogP contribution in [-0.2, 0) is 16.1 Å². The highest BCUT2D eigenvalue weighted by Crippen LogP contribution is 2.27. The van der Waals surface area contributed by atoms with Crippen molar-refractivity contribution in [1.82, 2.24) is 4.57 Å². The number of carbonyl (C=O) groups is 1. The quantitative estimate of drug-likeness (QED) is 0.626. The molecule has 3 rings (SSSR count). The smallest absolute Gasteiger partial charge is 0.272 e. The van der Waals surface area contributed by atoms with Crippen LogP contribution in [0.3, 0.4) is 0 Å². The third-order valence-corrected chi connectivity index (χ3v) is 4.87. The van der Waals surface area contributed by atoms with E-state index >= 15 is 0 Å². The van der Waals surface area contributed by atoms with Crippen LogP contribution >= 0.6 is 11.3 Å². The molecule has 0 N–H and O–H groups in total. The van der Waals surface area contributed by atoms with Crippen molar-refractivity contribution < 1.29 is 14.3 Å². The molecule has 0 unspecified atom stereocenters. The molecular weight excluding hydrogens is 348 g/mol. The summed E-state index contributed by atoms with van der Waals surface area (Å²) in [7, 11) is 3.29. The highest BCUT2D eigenvalue weighted by Gasteiger charge is 2.11. The second-order valence-corrected chi connectivity index (χ2v) is 6.54. The highest BCUT2D eigenvalue weighted by atomic mass is 32.1. The number of ether oxygens (including phenoxy) is 2. The predicted octanol–water partition coefficient (Wildman–Crippen LogP) is 3.50. The molecule has 1 heterocycles. The summed E-state index contributed by atoms with van der Waals surface area (Å²) in [6.45, 7) is 1.11. The summed E-state index contributed by atoms with van der Waals surface area (Å²) >= 11 is 1.46. The molecule has 0 spiro atoms. The molecule has 134 valence electrons. The Morgan fingerprint density at radius 3 is 2.69 bits per heavy atom. The average molecular weight is 368 g/mol. The number of benzene rings is 2. The van der Waals surface area contributed by atoms with Crippen LogP contribution in [0.15, 0.2) is 59.6 Å². The zero-order valence-electron chi connectivity index (χ0n) is 14.7. The molecule has 0 aliphatic carbocycles. The Labute approximate surface area is 155 Å². The van der Waals surface area contributed by atoms with Crippen molar-refractivity contribution >= 4 is 33.5 Å². The predicted molar refractivity (Wildman–Crippen MR) is 104 cm³/mol. The minimum Gasteiger partial charge on any atom is -0.495 e. The third kappa shape index (κ3) is 4.09. The normalized spacial score (nSPS) is 12.2. The van der Waals surface area contributed by atoms with Crippen molar-refractivity contribution in [1.29, 1.82) is 0 Å². The van der Waals surface area contributed by atoms with Gasteiger partial charge in [0.05, 0.1) is 18.4 Å². The lowest BCUT2D eigenvalue weighted by molar-refractivity contribution is -0.113. The number of nitrogens with zero attached hydrogens (tertiary/aromatic N) is 2. The molecular formula is C20H20N2O3S. The van der Waals surface area contributed by atoms with Crippen LogP contribution in [0.2, 0.25) is 0 Å². The van der Waals surface area contributed by atoms with Crippen LogP contribution < -0.4 is 9.54 Å². The number of rotatable bonds is 6. The van der Waals surface area contributed by atoms with Gasteiger partial charge in [-0.1, -0.05) is 47.7 Å². The second-order valence-electron chi connectivity index (χ2n) is 5.53. The van der Waals surface area contributed by atoms with Gasteiger partial charge in [-0.05, 0) is 23.8 Å². The minimum atomic E-state index is -0.300. The van der Waals surface area contributed by atoms with E-state index in [1.807, 2.05) is 53.1 Å². The number of thiazole rings is 1. The fourth-order valence-electron chi connectivity index (χ4n) is 2.60. The van der Waals surface area contributed by atoms with Crippen LogP contribution in [0.4, 0.5) is 0 Å². The first-order chi connectivity index (χ1) is 12.7. The SMILES string of the molecule is COCCn1c(=NC(=O)C=Cc2ccccc2)sc2cccc(OC)c21. The lowest BCUT2D eigenvalue weighted by atomic mass is 10.2. The van der Waals surface area contributed by atoms with Crippen molar-refractivity contribution in [2.24, 2.45) is 4.99 Å². The Balaban J connectivity index is 2.01. The molecule has 5 nitrogen and oxygen atoms in total. The number of amides is 1. The van der Waals surface area contributed by atoms with Gasteiger partial charge >= 0.3 is 0 Å². The van der Waals surface area contributed by atoms with E-state index in [-0.39, 0.29) is 5.91 Å². The van der Waals surface area contributed by atoms with E-state index < -0.39 is 0 Å². The molecule has 0 aliphatic rings. The molecule has 6 heteroatoms. The molecule has 2 aromatic carbocycles. The van der Waals surface area contributed by atoms with E-state index in [0.29, 0.717) is 18.0 Å². The number of carbonyl (C=O) groups excluding carboxylic acids is 1. The maximum atomic E-state index is 12.3. The number of fused-ring (bicyclic) bond motifs is 1.